The Kier molecular flexibility index (Phi) is 7.92. The largest absolute Gasteiger partial charge is 0.493 e. The number of hydrogen-bond donors (Lipinski definition) is 2. The molecule has 0 atom stereocenters. The summed E-state index contributed by atoms with van der Waals surface area (Å²) in [5, 5.41) is 7.38. The van der Waals surface area contributed by atoms with Crippen molar-refractivity contribution in [2.45, 2.75) is 25.8 Å². The number of methoxy groups -OCH3 is 1. The lowest BCUT2D eigenvalue weighted by atomic mass is 10.1. The third kappa shape index (κ3) is 5.95. The van der Waals surface area contributed by atoms with Crippen LogP contribution in [-0.4, -0.2) is 66.4 Å². The zero-order chi connectivity index (χ0) is 27.4. The van der Waals surface area contributed by atoms with Crippen LogP contribution in [0, 0.1) is 11.6 Å². The average Bonchev–Trinajstić information content (AvgIpc) is 3.60. The Labute approximate surface area is 225 Å². The maximum Gasteiger partial charge on any atom is 0.239 e. The highest BCUT2D eigenvalue weighted by Gasteiger charge is 2.29. The van der Waals surface area contributed by atoms with Gasteiger partial charge in [0.2, 0.25) is 5.91 Å². The maximum absolute atomic E-state index is 14.9. The molecule has 0 saturated carbocycles. The van der Waals surface area contributed by atoms with E-state index in [-0.39, 0.29) is 18.9 Å². The molecule has 0 spiro atoms. The maximum atomic E-state index is 14.9. The molecule has 206 valence electrons. The summed E-state index contributed by atoms with van der Waals surface area (Å²) in [5.74, 6) is -1.12. The van der Waals surface area contributed by atoms with Gasteiger partial charge in [-0.15, -0.1) is 0 Å². The lowest BCUT2D eigenvalue weighted by Gasteiger charge is -2.33. The molecule has 0 bridgehead atoms. The van der Waals surface area contributed by atoms with Crippen LogP contribution >= 0.6 is 0 Å². The first-order valence-electron chi connectivity index (χ1n) is 12.9. The Balaban J connectivity index is 1.47. The van der Waals surface area contributed by atoms with Crippen molar-refractivity contribution in [2.24, 2.45) is 10.7 Å². The lowest BCUT2D eigenvalue weighted by Crippen LogP contribution is -2.41. The summed E-state index contributed by atoms with van der Waals surface area (Å²) in [6.07, 6.45) is 6.40. The van der Waals surface area contributed by atoms with Crippen molar-refractivity contribution in [3.63, 3.8) is 0 Å². The number of ether oxygens (including phenoxy) is 2. The van der Waals surface area contributed by atoms with Gasteiger partial charge < -0.3 is 30.3 Å². The summed E-state index contributed by atoms with van der Waals surface area (Å²) in [4.78, 5) is 20.0. The summed E-state index contributed by atoms with van der Waals surface area (Å²) in [6, 6.07) is 7.56. The first kappa shape index (κ1) is 26.4. The van der Waals surface area contributed by atoms with Gasteiger partial charge in [-0.2, -0.15) is 5.10 Å². The number of aliphatic imine (C=N–C) groups is 1. The highest BCUT2D eigenvalue weighted by Crippen LogP contribution is 2.38. The number of rotatable bonds is 10. The fourth-order valence-electron chi connectivity index (χ4n) is 4.82. The van der Waals surface area contributed by atoms with Crippen LogP contribution in [0.15, 0.2) is 47.7 Å². The van der Waals surface area contributed by atoms with Gasteiger partial charge in [0.15, 0.2) is 23.1 Å². The minimum absolute atomic E-state index is 0.0117. The van der Waals surface area contributed by atoms with E-state index < -0.39 is 17.5 Å². The predicted octanol–water partition coefficient (Wildman–Crippen LogP) is 3.49. The Bertz CT molecular complexity index is 1370. The monoisotopic (exact) mass is 539 g/mol. The topological polar surface area (TPSA) is 110 Å². The van der Waals surface area contributed by atoms with Crippen LogP contribution in [0.25, 0.3) is 0 Å². The second-order valence-corrected chi connectivity index (χ2v) is 9.43. The Hall–Kier alpha value is -4.19. The van der Waals surface area contributed by atoms with Crippen LogP contribution in [0.2, 0.25) is 0 Å². The number of nitrogens with one attached hydrogen (secondary N) is 1. The van der Waals surface area contributed by atoms with Crippen molar-refractivity contribution in [1.82, 2.24) is 14.7 Å². The van der Waals surface area contributed by atoms with Gasteiger partial charge in [-0.1, -0.05) is 6.07 Å². The van der Waals surface area contributed by atoms with Crippen molar-refractivity contribution in [3.05, 3.63) is 59.9 Å². The van der Waals surface area contributed by atoms with E-state index in [9.17, 15) is 13.6 Å². The number of amidine groups is 1. The highest BCUT2D eigenvalue weighted by atomic mass is 19.2. The normalized spacial score (nSPS) is 16.3. The van der Waals surface area contributed by atoms with Crippen molar-refractivity contribution < 1.29 is 23.0 Å². The standard InChI is InChI=1S/C27H31F2N7O3/c1-38-23-12-19-21(13-24(23)39-11-5-10-34-8-2-3-9-34)31-17-36(22-7-4-6-20(28)26(22)29)27(19)33-18-14-32-35(15-18)16-25(30)37/h4,6-7,12-15,31H,2-3,5,8-11,16-17H2,1H3,(H2,30,37). The molecule has 0 aliphatic carbocycles. The molecular weight excluding hydrogens is 508 g/mol. The van der Waals surface area contributed by atoms with Crippen LogP contribution in [0.5, 0.6) is 11.5 Å². The van der Waals surface area contributed by atoms with Gasteiger partial charge in [-0.3, -0.25) is 9.48 Å². The van der Waals surface area contributed by atoms with E-state index in [4.69, 9.17) is 20.2 Å². The van der Waals surface area contributed by atoms with E-state index in [1.54, 1.807) is 19.4 Å². The van der Waals surface area contributed by atoms with Gasteiger partial charge in [-0.05, 0) is 50.6 Å². The second kappa shape index (κ2) is 11.7. The first-order valence-corrected chi connectivity index (χ1v) is 12.9. The number of fused-ring (bicyclic) bond motifs is 1. The number of likely N-dealkylation sites (tertiary alicyclic amines) is 1. The van der Waals surface area contributed by atoms with Crippen molar-refractivity contribution in [3.8, 4) is 11.5 Å². The van der Waals surface area contributed by atoms with Crippen LogP contribution in [0.4, 0.5) is 25.8 Å². The van der Waals surface area contributed by atoms with Crippen molar-refractivity contribution in [2.75, 3.05) is 50.2 Å². The van der Waals surface area contributed by atoms with Crippen LogP contribution < -0.4 is 25.4 Å². The molecule has 2 aliphatic rings. The minimum atomic E-state index is -0.996. The molecule has 0 unspecified atom stereocenters. The smallest absolute Gasteiger partial charge is 0.239 e. The zero-order valence-corrected chi connectivity index (χ0v) is 21.7. The van der Waals surface area contributed by atoms with Gasteiger partial charge in [0.1, 0.15) is 18.1 Å². The zero-order valence-electron chi connectivity index (χ0n) is 21.7. The van der Waals surface area contributed by atoms with E-state index in [0.29, 0.717) is 40.9 Å². The second-order valence-electron chi connectivity index (χ2n) is 9.43. The van der Waals surface area contributed by atoms with Gasteiger partial charge >= 0.3 is 0 Å². The van der Waals surface area contributed by atoms with Crippen LogP contribution in [0.1, 0.15) is 24.8 Å². The fraction of sp³-hybridized carbons (Fsp3) is 0.370. The SMILES string of the molecule is COc1cc2c(cc1OCCCN1CCCC1)NCN(c1cccc(F)c1F)C2=Nc1cnn(CC(N)=O)c1. The quantitative estimate of drug-likeness (QED) is 0.380. The number of amides is 1. The third-order valence-corrected chi connectivity index (χ3v) is 6.70. The summed E-state index contributed by atoms with van der Waals surface area (Å²) in [6.45, 7) is 3.79. The molecule has 3 aromatic rings. The molecule has 2 aliphatic heterocycles. The molecule has 1 saturated heterocycles. The Morgan fingerprint density at radius 3 is 2.79 bits per heavy atom. The number of benzene rings is 2. The molecule has 5 rings (SSSR count). The minimum Gasteiger partial charge on any atom is -0.493 e. The van der Waals surface area contributed by atoms with Crippen molar-refractivity contribution in [1.29, 1.82) is 0 Å². The van der Waals surface area contributed by atoms with Gasteiger partial charge in [0.25, 0.3) is 0 Å². The first-order chi connectivity index (χ1) is 18.9. The van der Waals surface area contributed by atoms with E-state index in [0.717, 1.165) is 32.1 Å². The summed E-state index contributed by atoms with van der Waals surface area (Å²) >= 11 is 0. The number of halogens is 2. The fourth-order valence-corrected chi connectivity index (χ4v) is 4.82. The van der Waals surface area contributed by atoms with E-state index in [1.165, 1.54) is 40.8 Å². The number of nitrogens with zero attached hydrogens (tertiary/aromatic N) is 5. The van der Waals surface area contributed by atoms with E-state index in [2.05, 4.69) is 15.3 Å². The molecule has 10 nitrogen and oxygen atoms in total. The number of carbonyl (C=O) groups excluding carboxylic acids is 1. The average molecular weight is 540 g/mol. The highest BCUT2D eigenvalue weighted by molar-refractivity contribution is 6.16. The van der Waals surface area contributed by atoms with Crippen LogP contribution in [0.3, 0.4) is 0 Å². The summed E-state index contributed by atoms with van der Waals surface area (Å²) < 4.78 is 42.1. The molecule has 1 aromatic heterocycles. The number of anilines is 2. The lowest BCUT2D eigenvalue weighted by molar-refractivity contribution is -0.118. The molecule has 12 heteroatoms. The molecule has 0 radical (unpaired) electrons. The van der Waals surface area contributed by atoms with Gasteiger partial charge in [-0.25, -0.2) is 13.8 Å². The molecule has 1 amide bonds. The number of aromatic nitrogens is 2. The third-order valence-electron chi connectivity index (χ3n) is 6.70. The summed E-state index contributed by atoms with van der Waals surface area (Å²) in [5.41, 5.74) is 6.98. The number of carbonyl (C=O) groups is 1. The molecule has 3 heterocycles. The molecule has 2 aromatic carbocycles. The van der Waals surface area contributed by atoms with E-state index >= 15 is 0 Å². The van der Waals surface area contributed by atoms with E-state index in [1.807, 2.05) is 6.07 Å². The number of primary amides is 1. The molecule has 1 fully saturated rings. The van der Waals surface area contributed by atoms with Crippen molar-refractivity contribution >= 4 is 28.8 Å². The Morgan fingerprint density at radius 2 is 2.03 bits per heavy atom. The van der Waals surface area contributed by atoms with Crippen LogP contribution in [-0.2, 0) is 11.3 Å². The van der Waals surface area contributed by atoms with Gasteiger partial charge in [0, 0.05) is 18.2 Å². The summed E-state index contributed by atoms with van der Waals surface area (Å²) in [7, 11) is 1.55. The molecular formula is C27H31F2N7O3. The number of nitrogens with two attached hydrogens (primary N) is 1. The number of hydrogen-bond acceptors (Lipinski definition) is 7. The molecule has 3 N–H and O–H groups in total. The molecule has 39 heavy (non-hydrogen) atoms. The van der Waals surface area contributed by atoms with Gasteiger partial charge in [0.05, 0.1) is 44.2 Å². The predicted molar refractivity (Wildman–Crippen MR) is 144 cm³/mol. The Morgan fingerprint density at radius 1 is 1.21 bits per heavy atom.